The van der Waals surface area contributed by atoms with Crippen LogP contribution in [0.5, 0.6) is 0 Å². The number of halogens is 1. The first-order valence-corrected chi connectivity index (χ1v) is 17.3. The Morgan fingerprint density at radius 2 is 1.52 bits per heavy atom. The molecule has 5 aliphatic carbocycles. The smallest absolute Gasteiger partial charge is 0.309 e. The summed E-state index contributed by atoms with van der Waals surface area (Å²) in [5.74, 6) is 1.92. The zero-order valence-electron chi connectivity index (χ0n) is 27.8. The van der Waals surface area contributed by atoms with E-state index in [1.807, 2.05) is 0 Å². The van der Waals surface area contributed by atoms with E-state index in [1.54, 1.807) is 13.8 Å². The fraction of sp³-hybridized carbons (Fsp3) is 0.917. The maximum atomic E-state index is 13.0. The number of carboxylic acids is 1. The Morgan fingerprint density at radius 1 is 0.857 bits per heavy atom. The summed E-state index contributed by atoms with van der Waals surface area (Å²) in [5.41, 5.74) is -1.18. The number of hydrogen-bond donors (Lipinski definition) is 1. The molecular weight excluding hydrogens is 548 g/mol. The Morgan fingerprint density at radius 3 is 2.12 bits per heavy atom. The maximum Gasteiger partial charge on any atom is 0.309 e. The third-order valence-electron chi connectivity index (χ3n) is 15.1. The van der Waals surface area contributed by atoms with Crippen LogP contribution in [0.2, 0.25) is 0 Å². The molecule has 1 N–H and O–H groups in total. The quantitative estimate of drug-likeness (QED) is 0.242. The Bertz CT molecular complexity index is 1130. The van der Waals surface area contributed by atoms with Gasteiger partial charge in [-0.1, -0.05) is 62.3 Å². The van der Waals surface area contributed by atoms with Crippen LogP contribution < -0.4 is 0 Å². The van der Waals surface area contributed by atoms with Gasteiger partial charge in [0.25, 0.3) is 0 Å². The molecule has 0 heterocycles. The van der Waals surface area contributed by atoms with Crippen LogP contribution in [0.1, 0.15) is 133 Å². The number of hydrogen-bond acceptors (Lipinski definition) is 4. The van der Waals surface area contributed by atoms with E-state index >= 15 is 0 Å². The van der Waals surface area contributed by atoms with Gasteiger partial charge in [0.2, 0.25) is 5.24 Å². The topological polar surface area (TPSA) is 80.7 Å². The molecule has 0 aromatic carbocycles. The van der Waals surface area contributed by atoms with Crippen molar-refractivity contribution < 1.29 is 24.2 Å². The Balaban J connectivity index is 1.42. The molecule has 0 spiro atoms. The second-order valence-corrected chi connectivity index (χ2v) is 18.1. The molecule has 10 atom stereocenters. The lowest BCUT2D eigenvalue weighted by Gasteiger charge is -2.72. The van der Waals surface area contributed by atoms with E-state index < -0.39 is 22.0 Å². The summed E-state index contributed by atoms with van der Waals surface area (Å²) in [7, 11) is 0. The average Bonchev–Trinajstić information content (AvgIpc) is 3.27. The van der Waals surface area contributed by atoms with E-state index in [9.17, 15) is 19.5 Å². The van der Waals surface area contributed by atoms with Crippen LogP contribution in [-0.2, 0) is 19.1 Å². The molecule has 5 aliphatic rings. The molecule has 42 heavy (non-hydrogen) atoms. The minimum Gasteiger partial charge on any atom is -0.481 e. The third-order valence-corrected chi connectivity index (χ3v) is 15.6. The molecule has 5 saturated carbocycles. The van der Waals surface area contributed by atoms with Gasteiger partial charge in [0.15, 0.2) is 0 Å². The van der Waals surface area contributed by atoms with Gasteiger partial charge < -0.3 is 9.84 Å². The van der Waals surface area contributed by atoms with Crippen molar-refractivity contribution in [2.24, 2.45) is 68.0 Å². The molecule has 0 saturated heterocycles. The normalized spacial score (nSPS) is 46.2. The lowest BCUT2D eigenvalue weighted by molar-refractivity contribution is -0.252. The molecule has 6 heteroatoms. The van der Waals surface area contributed by atoms with E-state index in [1.165, 1.54) is 6.42 Å². The monoisotopic (exact) mass is 604 g/mol. The SMILES string of the molecule is CC(C)C1CC[C@]2(C(=O)O)CC[C@]3(C)C(CCC4[C@@]5(C)CC[C@H](OC(=O)CC(C)(C)C(=O)Cl)C(C)(C)C5CC[C@]43C)C12. The minimum absolute atomic E-state index is 0.000654. The number of rotatable bonds is 6. The first-order chi connectivity index (χ1) is 19.3. The second kappa shape index (κ2) is 10.2. The van der Waals surface area contributed by atoms with E-state index in [2.05, 4.69) is 48.5 Å². The lowest BCUT2D eigenvalue weighted by Crippen LogP contribution is -2.67. The van der Waals surface area contributed by atoms with Crippen molar-refractivity contribution in [3.05, 3.63) is 0 Å². The van der Waals surface area contributed by atoms with Crippen LogP contribution in [0, 0.1) is 68.0 Å². The summed E-state index contributed by atoms with van der Waals surface area (Å²) < 4.78 is 6.16. The number of carboxylic acid groups (broad SMARTS) is 1. The van der Waals surface area contributed by atoms with Crippen LogP contribution in [0.25, 0.3) is 0 Å². The van der Waals surface area contributed by atoms with Gasteiger partial charge in [-0.3, -0.25) is 14.4 Å². The molecule has 5 unspecified atom stereocenters. The largest absolute Gasteiger partial charge is 0.481 e. The fourth-order valence-corrected chi connectivity index (χ4v) is 12.6. The number of aliphatic carboxylic acids is 1. The summed E-state index contributed by atoms with van der Waals surface area (Å²) >= 11 is 5.76. The van der Waals surface area contributed by atoms with Crippen molar-refractivity contribution in [3.63, 3.8) is 0 Å². The summed E-state index contributed by atoms with van der Waals surface area (Å²) in [6, 6.07) is 0. The number of fused-ring (bicyclic) bond motifs is 7. The molecule has 0 amide bonds. The van der Waals surface area contributed by atoms with Crippen LogP contribution in [0.15, 0.2) is 0 Å². The van der Waals surface area contributed by atoms with Gasteiger partial charge in [-0.15, -0.1) is 0 Å². The molecular formula is C36H57ClO5. The van der Waals surface area contributed by atoms with Gasteiger partial charge >= 0.3 is 11.9 Å². The Kier molecular flexibility index (Phi) is 7.85. The Labute approximate surface area is 259 Å². The summed E-state index contributed by atoms with van der Waals surface area (Å²) in [4.78, 5) is 37.8. The average molecular weight is 605 g/mol. The summed E-state index contributed by atoms with van der Waals surface area (Å²) in [6.45, 7) is 20.3. The van der Waals surface area contributed by atoms with E-state index in [4.69, 9.17) is 16.3 Å². The summed E-state index contributed by atoms with van der Waals surface area (Å²) in [5, 5.41) is 10.1. The predicted molar refractivity (Wildman–Crippen MR) is 166 cm³/mol. The van der Waals surface area contributed by atoms with Crippen molar-refractivity contribution in [1.82, 2.24) is 0 Å². The van der Waals surface area contributed by atoms with Crippen molar-refractivity contribution in [2.75, 3.05) is 0 Å². The van der Waals surface area contributed by atoms with E-state index in [0.717, 1.165) is 57.8 Å². The second-order valence-electron chi connectivity index (χ2n) is 17.8. The molecule has 5 nitrogen and oxygen atoms in total. The molecule has 0 aromatic heterocycles. The van der Waals surface area contributed by atoms with Gasteiger partial charge in [0, 0.05) is 10.8 Å². The highest BCUT2D eigenvalue weighted by molar-refractivity contribution is 6.64. The highest BCUT2D eigenvalue weighted by Crippen LogP contribution is 2.77. The van der Waals surface area contributed by atoms with Gasteiger partial charge in [-0.05, 0) is 128 Å². The third kappa shape index (κ3) is 4.38. The molecule has 238 valence electrons. The molecule has 0 bridgehead atoms. The Hall–Kier alpha value is -1.10. The van der Waals surface area contributed by atoms with E-state index in [0.29, 0.717) is 29.6 Å². The molecule has 0 aliphatic heterocycles. The van der Waals surface area contributed by atoms with Crippen molar-refractivity contribution in [2.45, 2.75) is 139 Å². The van der Waals surface area contributed by atoms with Crippen molar-refractivity contribution in [1.29, 1.82) is 0 Å². The number of esters is 1. The van der Waals surface area contributed by atoms with Gasteiger partial charge in [-0.2, -0.15) is 0 Å². The van der Waals surface area contributed by atoms with Crippen LogP contribution in [-0.4, -0.2) is 28.4 Å². The van der Waals surface area contributed by atoms with Crippen LogP contribution in [0.3, 0.4) is 0 Å². The predicted octanol–water partition coefficient (Wildman–Crippen LogP) is 8.90. The lowest BCUT2D eigenvalue weighted by atomic mass is 9.32. The zero-order chi connectivity index (χ0) is 31.3. The van der Waals surface area contributed by atoms with Crippen molar-refractivity contribution >= 4 is 28.8 Å². The first-order valence-electron chi connectivity index (χ1n) is 16.9. The minimum atomic E-state index is -0.932. The van der Waals surface area contributed by atoms with E-state index in [-0.39, 0.29) is 46.1 Å². The highest BCUT2D eigenvalue weighted by Gasteiger charge is 2.72. The van der Waals surface area contributed by atoms with Gasteiger partial charge in [-0.25, -0.2) is 0 Å². The van der Waals surface area contributed by atoms with Gasteiger partial charge in [0.05, 0.1) is 11.8 Å². The number of carbonyl (C=O) groups excluding carboxylic acids is 2. The first kappa shape index (κ1) is 32.3. The fourth-order valence-electron chi connectivity index (χ4n) is 12.6. The highest BCUT2D eigenvalue weighted by atomic mass is 35.5. The van der Waals surface area contributed by atoms with Gasteiger partial charge in [0.1, 0.15) is 6.10 Å². The summed E-state index contributed by atoms with van der Waals surface area (Å²) in [6.07, 6.45) is 10.1. The van der Waals surface area contributed by atoms with Crippen LogP contribution >= 0.6 is 11.6 Å². The molecule has 5 rings (SSSR count). The van der Waals surface area contributed by atoms with Crippen LogP contribution in [0.4, 0.5) is 0 Å². The maximum absolute atomic E-state index is 13.0. The zero-order valence-corrected chi connectivity index (χ0v) is 28.5. The van der Waals surface area contributed by atoms with Crippen molar-refractivity contribution in [3.8, 4) is 0 Å². The number of ether oxygens (including phenoxy) is 1. The molecule has 0 aromatic rings. The molecule has 0 radical (unpaired) electrons. The number of carbonyl (C=O) groups is 3. The molecule has 5 fully saturated rings. The standard InChI is InChI=1S/C36H57ClO5/c1-21(2)22-12-17-36(30(40)41)19-18-34(8)23(28(22)36)10-11-25-33(7)15-14-26(42-27(38)20-31(3,4)29(37)39)32(5,6)24(33)13-16-35(25,34)9/h21-26,28H,10-20H2,1-9H3,(H,40,41)/t22?,23?,24?,25?,26-,28?,33-,34+,35+,36-/m0/s1.